The predicted octanol–water partition coefficient (Wildman–Crippen LogP) is 5.74. The van der Waals surface area contributed by atoms with Gasteiger partial charge in [-0.1, -0.05) is 30.3 Å². The zero-order valence-electron chi connectivity index (χ0n) is 15.3. The number of methoxy groups -OCH3 is 1. The van der Waals surface area contributed by atoms with Crippen molar-refractivity contribution in [3.63, 3.8) is 0 Å². The van der Waals surface area contributed by atoms with Crippen molar-refractivity contribution in [1.82, 2.24) is 9.97 Å². The fourth-order valence-corrected chi connectivity index (χ4v) is 2.61. The summed E-state index contributed by atoms with van der Waals surface area (Å²) in [4.78, 5) is 8.57. The lowest BCUT2D eigenvalue weighted by Crippen LogP contribution is -1.92. The first kappa shape index (κ1) is 17.5. The third kappa shape index (κ3) is 4.27. The summed E-state index contributed by atoms with van der Waals surface area (Å²) in [6, 6.07) is 25.0. The first-order valence-corrected chi connectivity index (χ1v) is 8.77. The molecule has 138 valence electrons. The van der Waals surface area contributed by atoms with Crippen LogP contribution < -0.4 is 14.2 Å². The molecular weight excluding hydrogens is 352 g/mol. The van der Waals surface area contributed by atoms with Crippen LogP contribution in [0.4, 0.5) is 0 Å². The summed E-state index contributed by atoms with van der Waals surface area (Å²) in [5.41, 5.74) is 1.91. The molecule has 0 fully saturated rings. The van der Waals surface area contributed by atoms with E-state index in [1.165, 1.54) is 0 Å². The lowest BCUT2D eigenvalue weighted by molar-refractivity contribution is 0.415. The molecule has 4 rings (SSSR count). The number of benzene rings is 3. The predicted molar refractivity (Wildman–Crippen MR) is 107 cm³/mol. The zero-order valence-corrected chi connectivity index (χ0v) is 15.3. The Morgan fingerprint density at radius 1 is 0.536 bits per heavy atom. The highest BCUT2D eigenvalue weighted by molar-refractivity contribution is 5.62. The van der Waals surface area contributed by atoms with Gasteiger partial charge in [0.15, 0.2) is 0 Å². The molecule has 0 aliphatic heterocycles. The van der Waals surface area contributed by atoms with Crippen molar-refractivity contribution in [2.45, 2.75) is 0 Å². The highest BCUT2D eigenvalue weighted by Crippen LogP contribution is 2.26. The average Bonchev–Trinajstić information content (AvgIpc) is 2.76. The molecule has 4 aromatic rings. The van der Waals surface area contributed by atoms with Crippen molar-refractivity contribution in [1.29, 1.82) is 0 Å². The van der Waals surface area contributed by atoms with Crippen LogP contribution in [0.15, 0.2) is 91.3 Å². The second-order valence-corrected chi connectivity index (χ2v) is 5.97. The van der Waals surface area contributed by atoms with E-state index in [1.807, 2.05) is 78.9 Å². The van der Waals surface area contributed by atoms with E-state index in [2.05, 4.69) is 9.97 Å². The standard InChI is InChI=1S/C23H18N2O3/c1-26-19-9-7-17(8-10-19)18-15-24-23(25-16-18)28-22-13-11-21(12-14-22)27-20-5-3-2-4-6-20/h2-16H,1H3. The third-order valence-electron chi connectivity index (χ3n) is 4.06. The van der Waals surface area contributed by atoms with Gasteiger partial charge in [0.25, 0.3) is 0 Å². The largest absolute Gasteiger partial charge is 0.497 e. The maximum Gasteiger partial charge on any atom is 0.321 e. The number of hydrogen-bond donors (Lipinski definition) is 0. The molecule has 1 aromatic heterocycles. The summed E-state index contributed by atoms with van der Waals surface area (Å²) < 4.78 is 16.7. The number of hydrogen-bond acceptors (Lipinski definition) is 5. The van der Waals surface area contributed by atoms with Gasteiger partial charge in [0, 0.05) is 18.0 Å². The fraction of sp³-hybridized carbons (Fsp3) is 0.0435. The number of para-hydroxylation sites is 1. The molecule has 5 nitrogen and oxygen atoms in total. The van der Waals surface area contributed by atoms with Crippen LogP contribution in [0.5, 0.6) is 29.0 Å². The molecule has 0 saturated carbocycles. The van der Waals surface area contributed by atoms with Gasteiger partial charge < -0.3 is 14.2 Å². The molecule has 0 unspecified atom stereocenters. The Morgan fingerprint density at radius 3 is 1.68 bits per heavy atom. The van der Waals surface area contributed by atoms with Crippen molar-refractivity contribution in [2.24, 2.45) is 0 Å². The Bertz CT molecular complexity index is 1020. The Hall–Kier alpha value is -3.86. The normalized spacial score (nSPS) is 10.3. The van der Waals surface area contributed by atoms with Crippen molar-refractivity contribution in [3.8, 4) is 40.1 Å². The van der Waals surface area contributed by atoms with E-state index in [9.17, 15) is 0 Å². The minimum Gasteiger partial charge on any atom is -0.497 e. The summed E-state index contributed by atoms with van der Waals surface area (Å²) in [5.74, 6) is 2.96. The molecule has 0 radical (unpaired) electrons. The number of ether oxygens (including phenoxy) is 3. The molecule has 0 bridgehead atoms. The summed E-state index contributed by atoms with van der Waals surface area (Å²) >= 11 is 0. The van der Waals surface area contributed by atoms with Crippen LogP contribution in [0, 0.1) is 0 Å². The first-order valence-electron chi connectivity index (χ1n) is 8.77. The van der Waals surface area contributed by atoms with Gasteiger partial charge in [0.05, 0.1) is 7.11 Å². The fourth-order valence-electron chi connectivity index (χ4n) is 2.61. The van der Waals surface area contributed by atoms with Crippen molar-refractivity contribution in [3.05, 3.63) is 91.3 Å². The highest BCUT2D eigenvalue weighted by atomic mass is 16.5. The van der Waals surface area contributed by atoms with Crippen LogP contribution in [0.25, 0.3) is 11.1 Å². The van der Waals surface area contributed by atoms with Crippen LogP contribution in [-0.4, -0.2) is 17.1 Å². The smallest absolute Gasteiger partial charge is 0.321 e. The lowest BCUT2D eigenvalue weighted by Gasteiger charge is -2.08. The van der Waals surface area contributed by atoms with Crippen LogP contribution in [-0.2, 0) is 0 Å². The maximum atomic E-state index is 5.77. The minimum atomic E-state index is 0.286. The van der Waals surface area contributed by atoms with Gasteiger partial charge >= 0.3 is 6.01 Å². The molecule has 28 heavy (non-hydrogen) atoms. The quantitative estimate of drug-likeness (QED) is 0.433. The van der Waals surface area contributed by atoms with Crippen molar-refractivity contribution in [2.75, 3.05) is 7.11 Å². The number of rotatable bonds is 6. The highest BCUT2D eigenvalue weighted by Gasteiger charge is 2.04. The Kier molecular flexibility index (Phi) is 5.15. The third-order valence-corrected chi connectivity index (χ3v) is 4.06. The molecule has 0 amide bonds. The molecule has 0 aliphatic carbocycles. The van der Waals surface area contributed by atoms with Crippen LogP contribution in [0.3, 0.4) is 0 Å². The molecule has 3 aromatic carbocycles. The maximum absolute atomic E-state index is 5.77. The summed E-state index contributed by atoms with van der Waals surface area (Å²) in [6.07, 6.45) is 3.47. The average molecular weight is 370 g/mol. The number of nitrogens with zero attached hydrogens (tertiary/aromatic N) is 2. The van der Waals surface area contributed by atoms with Crippen LogP contribution >= 0.6 is 0 Å². The second-order valence-electron chi connectivity index (χ2n) is 5.97. The number of aromatic nitrogens is 2. The van der Waals surface area contributed by atoms with Crippen LogP contribution in [0.1, 0.15) is 0 Å². The van der Waals surface area contributed by atoms with Gasteiger partial charge in [-0.05, 0) is 54.1 Å². The minimum absolute atomic E-state index is 0.286. The topological polar surface area (TPSA) is 53.5 Å². The summed E-state index contributed by atoms with van der Waals surface area (Å²) in [7, 11) is 1.64. The van der Waals surface area contributed by atoms with E-state index in [4.69, 9.17) is 14.2 Å². The monoisotopic (exact) mass is 370 g/mol. The van der Waals surface area contributed by atoms with Gasteiger partial charge in [-0.25, -0.2) is 9.97 Å². The van der Waals surface area contributed by atoms with Gasteiger partial charge in [0.2, 0.25) is 0 Å². The van der Waals surface area contributed by atoms with E-state index in [0.717, 1.165) is 28.4 Å². The Labute approximate surface area is 163 Å². The molecule has 0 N–H and O–H groups in total. The van der Waals surface area contributed by atoms with Crippen molar-refractivity contribution >= 4 is 0 Å². The second kappa shape index (κ2) is 8.22. The SMILES string of the molecule is COc1ccc(-c2cnc(Oc3ccc(Oc4ccccc4)cc3)nc2)cc1. The molecule has 0 spiro atoms. The molecule has 1 heterocycles. The Morgan fingerprint density at radius 2 is 1.07 bits per heavy atom. The van der Waals surface area contributed by atoms with Gasteiger partial charge in [-0.15, -0.1) is 0 Å². The molecule has 0 atom stereocenters. The molecule has 0 saturated heterocycles. The summed E-state index contributed by atoms with van der Waals surface area (Å²) in [5, 5.41) is 0. The van der Waals surface area contributed by atoms with E-state index in [1.54, 1.807) is 19.5 Å². The van der Waals surface area contributed by atoms with E-state index < -0.39 is 0 Å². The van der Waals surface area contributed by atoms with E-state index >= 15 is 0 Å². The van der Waals surface area contributed by atoms with Gasteiger partial charge in [-0.2, -0.15) is 0 Å². The molecule has 5 heteroatoms. The zero-order chi connectivity index (χ0) is 19.2. The van der Waals surface area contributed by atoms with E-state index in [-0.39, 0.29) is 6.01 Å². The summed E-state index contributed by atoms with van der Waals surface area (Å²) in [6.45, 7) is 0. The van der Waals surface area contributed by atoms with Gasteiger partial charge in [-0.3, -0.25) is 0 Å². The first-order chi connectivity index (χ1) is 13.8. The molecular formula is C23H18N2O3. The van der Waals surface area contributed by atoms with Crippen LogP contribution in [0.2, 0.25) is 0 Å². The van der Waals surface area contributed by atoms with E-state index in [0.29, 0.717) is 5.75 Å². The molecule has 0 aliphatic rings. The van der Waals surface area contributed by atoms with Crippen molar-refractivity contribution < 1.29 is 14.2 Å². The van der Waals surface area contributed by atoms with Gasteiger partial charge in [0.1, 0.15) is 23.0 Å². The lowest BCUT2D eigenvalue weighted by atomic mass is 10.1. The Balaban J connectivity index is 1.41.